The molecule has 0 aliphatic rings. The molecule has 0 saturated carbocycles. The number of nitrogens with one attached hydrogen (secondary N) is 2. The van der Waals surface area contributed by atoms with E-state index in [1.165, 1.54) is 18.2 Å². The molecule has 3 rings (SSSR count). The summed E-state index contributed by atoms with van der Waals surface area (Å²) in [6.07, 6.45) is -0.900. The highest BCUT2D eigenvalue weighted by Gasteiger charge is 2.19. The van der Waals surface area contributed by atoms with Crippen molar-refractivity contribution in [3.05, 3.63) is 76.3 Å². The first kappa shape index (κ1) is 22.0. The molecule has 8 heteroatoms. The van der Waals surface area contributed by atoms with E-state index in [0.29, 0.717) is 5.75 Å². The molecule has 0 aromatic heterocycles. The number of aliphatic hydroxyl groups excluding tert-OH is 1. The van der Waals surface area contributed by atoms with Crippen molar-refractivity contribution >= 4 is 28.1 Å². The Bertz CT molecular complexity index is 1080. The number of aliphatic hydroxyl groups is 1. The summed E-state index contributed by atoms with van der Waals surface area (Å²) in [6.45, 7) is 3.68. The standard InChI is InChI=1S/C23H25N3O5/c1-15(2)25-23(28)17-10-11-20(21(12-17)26(29)30)24-13-18(27)14-31-22-9-5-7-16-6-3-4-8-19(16)22/h3-12,15,18,24,27H,13-14H2,1-2H3,(H,25,28). The Kier molecular flexibility index (Phi) is 7.04. The highest BCUT2D eigenvalue weighted by Crippen LogP contribution is 2.27. The molecule has 3 N–H and O–H groups in total. The molecule has 1 unspecified atom stereocenters. The van der Waals surface area contributed by atoms with Crippen LogP contribution in [0.15, 0.2) is 60.7 Å². The smallest absolute Gasteiger partial charge is 0.293 e. The molecule has 0 spiro atoms. The number of hydrogen-bond donors (Lipinski definition) is 3. The number of ether oxygens (including phenoxy) is 1. The first-order valence-corrected chi connectivity index (χ1v) is 9.97. The van der Waals surface area contributed by atoms with Gasteiger partial charge in [-0.2, -0.15) is 0 Å². The van der Waals surface area contributed by atoms with Crippen molar-refractivity contribution in [2.24, 2.45) is 0 Å². The number of nitro benzene ring substituents is 1. The van der Waals surface area contributed by atoms with Gasteiger partial charge in [-0.1, -0.05) is 36.4 Å². The largest absolute Gasteiger partial charge is 0.490 e. The summed E-state index contributed by atoms with van der Waals surface area (Å²) in [5.41, 5.74) is 0.180. The van der Waals surface area contributed by atoms with Gasteiger partial charge in [0.05, 0.1) is 4.92 Å². The van der Waals surface area contributed by atoms with Gasteiger partial charge in [0.2, 0.25) is 0 Å². The lowest BCUT2D eigenvalue weighted by atomic mass is 10.1. The summed E-state index contributed by atoms with van der Waals surface area (Å²) < 4.78 is 5.76. The van der Waals surface area contributed by atoms with Gasteiger partial charge in [0.15, 0.2) is 0 Å². The second kappa shape index (κ2) is 9.90. The van der Waals surface area contributed by atoms with E-state index in [4.69, 9.17) is 4.74 Å². The number of fused-ring (bicyclic) bond motifs is 1. The van der Waals surface area contributed by atoms with Crippen LogP contribution in [0.5, 0.6) is 5.75 Å². The lowest BCUT2D eigenvalue weighted by Crippen LogP contribution is -2.30. The van der Waals surface area contributed by atoms with E-state index in [-0.39, 0.29) is 42.0 Å². The molecule has 1 atom stereocenters. The average molecular weight is 423 g/mol. The fourth-order valence-corrected chi connectivity index (χ4v) is 3.11. The third kappa shape index (κ3) is 5.70. The van der Waals surface area contributed by atoms with E-state index in [0.717, 1.165) is 10.8 Å². The topological polar surface area (TPSA) is 114 Å². The molecule has 0 heterocycles. The Morgan fingerprint density at radius 1 is 1.13 bits per heavy atom. The molecule has 0 aliphatic carbocycles. The Morgan fingerprint density at radius 3 is 2.61 bits per heavy atom. The summed E-state index contributed by atoms with van der Waals surface area (Å²) in [5, 5.41) is 29.3. The van der Waals surface area contributed by atoms with Crippen LogP contribution >= 0.6 is 0 Å². The van der Waals surface area contributed by atoms with E-state index in [9.17, 15) is 20.0 Å². The SMILES string of the molecule is CC(C)NC(=O)c1ccc(NCC(O)COc2cccc3ccccc23)c([N+](=O)[O-])c1. The molecule has 3 aromatic rings. The third-order valence-electron chi connectivity index (χ3n) is 4.59. The van der Waals surface area contributed by atoms with Crippen LogP contribution in [-0.4, -0.2) is 41.2 Å². The fourth-order valence-electron chi connectivity index (χ4n) is 3.11. The molecule has 8 nitrogen and oxygen atoms in total. The van der Waals surface area contributed by atoms with Crippen LogP contribution in [-0.2, 0) is 0 Å². The number of anilines is 1. The molecule has 0 radical (unpaired) electrons. The molecular formula is C23H25N3O5. The molecule has 31 heavy (non-hydrogen) atoms. The number of carbonyl (C=O) groups excluding carboxylic acids is 1. The van der Waals surface area contributed by atoms with Crippen LogP contribution in [0, 0.1) is 10.1 Å². The van der Waals surface area contributed by atoms with Gasteiger partial charge in [-0.25, -0.2) is 0 Å². The minimum absolute atomic E-state index is 0.0175. The monoisotopic (exact) mass is 423 g/mol. The first-order chi connectivity index (χ1) is 14.8. The Hall–Kier alpha value is -3.65. The summed E-state index contributed by atoms with van der Waals surface area (Å²) in [4.78, 5) is 23.0. The Balaban J connectivity index is 1.63. The zero-order chi connectivity index (χ0) is 22.4. The van der Waals surface area contributed by atoms with Gasteiger partial charge in [-0.3, -0.25) is 14.9 Å². The third-order valence-corrected chi connectivity index (χ3v) is 4.59. The molecule has 1 amide bonds. The van der Waals surface area contributed by atoms with Crippen molar-refractivity contribution in [1.29, 1.82) is 0 Å². The summed E-state index contributed by atoms with van der Waals surface area (Å²) >= 11 is 0. The number of nitro groups is 1. The Labute approximate surface area is 180 Å². The van der Waals surface area contributed by atoms with Crippen LogP contribution in [0.2, 0.25) is 0 Å². The lowest BCUT2D eigenvalue weighted by Gasteiger charge is -2.15. The van der Waals surface area contributed by atoms with Crippen molar-refractivity contribution in [2.45, 2.75) is 26.0 Å². The van der Waals surface area contributed by atoms with Crippen molar-refractivity contribution in [1.82, 2.24) is 5.32 Å². The van der Waals surface area contributed by atoms with Gasteiger partial charge < -0.3 is 20.5 Å². The summed E-state index contributed by atoms with van der Waals surface area (Å²) in [5.74, 6) is 0.275. The first-order valence-electron chi connectivity index (χ1n) is 9.97. The fraction of sp³-hybridized carbons (Fsp3) is 0.261. The zero-order valence-corrected chi connectivity index (χ0v) is 17.4. The van der Waals surface area contributed by atoms with Gasteiger partial charge in [0.1, 0.15) is 24.1 Å². The highest BCUT2D eigenvalue weighted by molar-refractivity contribution is 5.95. The quantitative estimate of drug-likeness (QED) is 0.357. The minimum Gasteiger partial charge on any atom is -0.490 e. The van der Waals surface area contributed by atoms with Crippen LogP contribution in [0.3, 0.4) is 0 Å². The van der Waals surface area contributed by atoms with Gasteiger partial charge in [-0.15, -0.1) is 0 Å². The molecule has 0 fully saturated rings. The van der Waals surface area contributed by atoms with Gasteiger partial charge in [-0.05, 0) is 37.4 Å². The van der Waals surface area contributed by atoms with Crippen molar-refractivity contribution in [3.8, 4) is 5.75 Å². The number of rotatable bonds is 9. The molecular weight excluding hydrogens is 398 g/mol. The summed E-state index contributed by atoms with van der Waals surface area (Å²) in [7, 11) is 0. The number of nitrogens with zero attached hydrogens (tertiary/aromatic N) is 1. The predicted octanol–water partition coefficient (Wildman–Crippen LogP) is 3.74. The Morgan fingerprint density at radius 2 is 1.87 bits per heavy atom. The second-order valence-electron chi connectivity index (χ2n) is 7.44. The number of carbonyl (C=O) groups is 1. The maximum Gasteiger partial charge on any atom is 0.293 e. The molecule has 162 valence electrons. The summed E-state index contributed by atoms with van der Waals surface area (Å²) in [6, 6.07) is 17.6. The second-order valence-corrected chi connectivity index (χ2v) is 7.44. The highest BCUT2D eigenvalue weighted by atomic mass is 16.6. The number of hydrogen-bond acceptors (Lipinski definition) is 6. The molecule has 0 bridgehead atoms. The van der Waals surface area contributed by atoms with Crippen LogP contribution in [0.25, 0.3) is 10.8 Å². The van der Waals surface area contributed by atoms with Crippen LogP contribution < -0.4 is 15.4 Å². The van der Waals surface area contributed by atoms with Crippen LogP contribution in [0.4, 0.5) is 11.4 Å². The average Bonchev–Trinajstić information content (AvgIpc) is 2.75. The molecule has 3 aromatic carbocycles. The molecule has 0 saturated heterocycles. The van der Waals surface area contributed by atoms with Crippen molar-refractivity contribution in [3.63, 3.8) is 0 Å². The maximum atomic E-state index is 12.1. The minimum atomic E-state index is -0.900. The van der Waals surface area contributed by atoms with Crippen LogP contribution in [0.1, 0.15) is 24.2 Å². The van der Waals surface area contributed by atoms with E-state index in [1.54, 1.807) is 0 Å². The lowest BCUT2D eigenvalue weighted by molar-refractivity contribution is -0.384. The predicted molar refractivity (Wildman–Crippen MR) is 120 cm³/mol. The van der Waals surface area contributed by atoms with Gasteiger partial charge in [0.25, 0.3) is 11.6 Å². The van der Waals surface area contributed by atoms with Gasteiger partial charge in [0, 0.05) is 29.6 Å². The maximum absolute atomic E-state index is 12.1. The van der Waals surface area contributed by atoms with E-state index >= 15 is 0 Å². The zero-order valence-electron chi connectivity index (χ0n) is 17.4. The normalized spacial score (nSPS) is 11.9. The van der Waals surface area contributed by atoms with E-state index in [2.05, 4.69) is 10.6 Å². The van der Waals surface area contributed by atoms with E-state index in [1.807, 2.05) is 56.3 Å². The number of benzene rings is 3. The van der Waals surface area contributed by atoms with E-state index < -0.39 is 11.0 Å². The molecule has 0 aliphatic heterocycles. The number of amides is 1. The van der Waals surface area contributed by atoms with Crippen molar-refractivity contribution in [2.75, 3.05) is 18.5 Å². The van der Waals surface area contributed by atoms with Crippen molar-refractivity contribution < 1.29 is 19.6 Å². The van der Waals surface area contributed by atoms with Gasteiger partial charge >= 0.3 is 0 Å².